The molecule has 2 fully saturated rings. The van der Waals surface area contributed by atoms with Crippen molar-refractivity contribution in [2.24, 2.45) is 5.92 Å². The van der Waals surface area contributed by atoms with Crippen LogP contribution in [0, 0.1) is 12.8 Å². The number of aryl methyl sites for hydroxylation is 1. The highest BCUT2D eigenvalue weighted by Gasteiger charge is 2.29. The topological polar surface area (TPSA) is 74.3 Å². The standard InChI is InChI=1S/C19H28N4O2/c1-14-6-4-10-20-17(14)12-21-18(24)15-7-5-11-23(13-15)19(25)22-16-8-2-3-9-16/h4,6,10,15-16H,2-3,5,7-9,11-13H2,1H3,(H,21,24)(H,22,25). The average Bonchev–Trinajstić information content (AvgIpc) is 3.14. The number of carbonyl (C=O) groups excluding carboxylic acids is 2. The molecule has 25 heavy (non-hydrogen) atoms. The zero-order valence-corrected chi connectivity index (χ0v) is 15.0. The monoisotopic (exact) mass is 344 g/mol. The molecule has 0 bridgehead atoms. The fraction of sp³-hybridized carbons (Fsp3) is 0.632. The largest absolute Gasteiger partial charge is 0.350 e. The van der Waals surface area contributed by atoms with Crippen molar-refractivity contribution < 1.29 is 9.59 Å². The molecule has 3 rings (SSSR count). The fourth-order valence-electron chi connectivity index (χ4n) is 3.73. The molecule has 2 aliphatic rings. The summed E-state index contributed by atoms with van der Waals surface area (Å²) in [5, 5.41) is 6.10. The third kappa shape index (κ3) is 4.71. The summed E-state index contributed by atoms with van der Waals surface area (Å²) in [6.45, 7) is 3.67. The minimum atomic E-state index is -0.132. The first-order valence-corrected chi connectivity index (χ1v) is 9.37. The van der Waals surface area contributed by atoms with Crippen molar-refractivity contribution in [3.8, 4) is 0 Å². The maximum absolute atomic E-state index is 12.5. The van der Waals surface area contributed by atoms with E-state index >= 15 is 0 Å². The number of amides is 3. The van der Waals surface area contributed by atoms with Crippen molar-refractivity contribution >= 4 is 11.9 Å². The smallest absolute Gasteiger partial charge is 0.317 e. The van der Waals surface area contributed by atoms with Gasteiger partial charge < -0.3 is 15.5 Å². The van der Waals surface area contributed by atoms with E-state index in [-0.39, 0.29) is 17.9 Å². The summed E-state index contributed by atoms with van der Waals surface area (Å²) in [6.07, 6.45) is 7.99. The molecule has 1 aromatic rings. The normalized spacial score (nSPS) is 21.2. The van der Waals surface area contributed by atoms with Gasteiger partial charge in [-0.15, -0.1) is 0 Å². The van der Waals surface area contributed by atoms with Crippen molar-refractivity contribution in [1.29, 1.82) is 0 Å². The Kier molecular flexibility index (Phi) is 5.89. The van der Waals surface area contributed by atoms with E-state index < -0.39 is 0 Å². The zero-order chi connectivity index (χ0) is 17.6. The predicted molar refractivity (Wildman–Crippen MR) is 95.9 cm³/mol. The van der Waals surface area contributed by atoms with Crippen LogP contribution in [0.1, 0.15) is 49.8 Å². The molecule has 2 heterocycles. The number of hydrogen-bond acceptors (Lipinski definition) is 3. The molecule has 1 saturated heterocycles. The number of nitrogens with zero attached hydrogens (tertiary/aromatic N) is 2. The third-order valence-corrected chi connectivity index (χ3v) is 5.31. The molecule has 6 nitrogen and oxygen atoms in total. The lowest BCUT2D eigenvalue weighted by Crippen LogP contribution is -2.50. The first-order valence-electron chi connectivity index (χ1n) is 9.37. The number of nitrogens with one attached hydrogen (secondary N) is 2. The highest BCUT2D eigenvalue weighted by Crippen LogP contribution is 2.20. The molecule has 6 heteroatoms. The highest BCUT2D eigenvalue weighted by atomic mass is 16.2. The molecule has 1 aromatic heterocycles. The molecule has 1 aliphatic heterocycles. The number of likely N-dealkylation sites (tertiary alicyclic amines) is 1. The Bertz CT molecular complexity index is 613. The molecule has 136 valence electrons. The van der Waals surface area contributed by atoms with Crippen LogP contribution in [0.15, 0.2) is 18.3 Å². The number of hydrogen-bond donors (Lipinski definition) is 2. The van der Waals surface area contributed by atoms with E-state index in [2.05, 4.69) is 15.6 Å². The van der Waals surface area contributed by atoms with Gasteiger partial charge in [-0.1, -0.05) is 18.9 Å². The second-order valence-corrected chi connectivity index (χ2v) is 7.20. The van der Waals surface area contributed by atoms with E-state index in [1.807, 2.05) is 19.1 Å². The van der Waals surface area contributed by atoms with Crippen LogP contribution in [0.2, 0.25) is 0 Å². The Morgan fingerprint density at radius 2 is 2.04 bits per heavy atom. The summed E-state index contributed by atoms with van der Waals surface area (Å²) in [7, 11) is 0. The van der Waals surface area contributed by atoms with Gasteiger partial charge in [-0.25, -0.2) is 4.79 Å². The number of aromatic nitrogens is 1. The van der Waals surface area contributed by atoms with E-state index in [1.54, 1.807) is 11.1 Å². The zero-order valence-electron chi connectivity index (χ0n) is 15.0. The van der Waals surface area contributed by atoms with E-state index in [9.17, 15) is 9.59 Å². The minimum absolute atomic E-state index is 0.00929. The van der Waals surface area contributed by atoms with Crippen molar-refractivity contribution in [3.05, 3.63) is 29.6 Å². The first-order chi connectivity index (χ1) is 12.1. The Morgan fingerprint density at radius 1 is 1.24 bits per heavy atom. The maximum Gasteiger partial charge on any atom is 0.317 e. The summed E-state index contributed by atoms with van der Waals surface area (Å²) in [4.78, 5) is 31.0. The lowest BCUT2D eigenvalue weighted by molar-refractivity contribution is -0.126. The van der Waals surface area contributed by atoms with Crippen LogP contribution in [0.25, 0.3) is 0 Å². The Hall–Kier alpha value is -2.11. The Morgan fingerprint density at radius 3 is 2.80 bits per heavy atom. The van der Waals surface area contributed by atoms with Crippen molar-refractivity contribution in [2.45, 2.75) is 58.0 Å². The van der Waals surface area contributed by atoms with Gasteiger partial charge in [0, 0.05) is 25.3 Å². The van der Waals surface area contributed by atoms with Gasteiger partial charge in [0.15, 0.2) is 0 Å². The van der Waals surface area contributed by atoms with Crippen LogP contribution in [0.3, 0.4) is 0 Å². The molecule has 0 aromatic carbocycles. The van der Waals surface area contributed by atoms with Crippen LogP contribution in [-0.2, 0) is 11.3 Å². The second-order valence-electron chi connectivity index (χ2n) is 7.20. The maximum atomic E-state index is 12.5. The van der Waals surface area contributed by atoms with Gasteiger partial charge in [0.25, 0.3) is 0 Å². The molecule has 1 aliphatic carbocycles. The van der Waals surface area contributed by atoms with Gasteiger partial charge in [0.1, 0.15) is 0 Å². The van der Waals surface area contributed by atoms with Gasteiger partial charge >= 0.3 is 6.03 Å². The predicted octanol–water partition coefficient (Wildman–Crippen LogP) is 2.37. The van der Waals surface area contributed by atoms with Crippen LogP contribution in [-0.4, -0.2) is 41.0 Å². The molecule has 0 spiro atoms. The van der Waals surface area contributed by atoms with Crippen LogP contribution >= 0.6 is 0 Å². The van der Waals surface area contributed by atoms with Gasteiger partial charge in [-0.2, -0.15) is 0 Å². The molecule has 1 atom stereocenters. The highest BCUT2D eigenvalue weighted by molar-refractivity contribution is 5.81. The molecular formula is C19H28N4O2. The quantitative estimate of drug-likeness (QED) is 0.880. The lowest BCUT2D eigenvalue weighted by Gasteiger charge is -2.33. The number of urea groups is 1. The molecule has 0 radical (unpaired) electrons. The summed E-state index contributed by atoms with van der Waals surface area (Å²) >= 11 is 0. The summed E-state index contributed by atoms with van der Waals surface area (Å²) in [5.41, 5.74) is 1.96. The van der Waals surface area contributed by atoms with Gasteiger partial charge in [-0.3, -0.25) is 9.78 Å². The van der Waals surface area contributed by atoms with Crippen LogP contribution < -0.4 is 10.6 Å². The summed E-state index contributed by atoms with van der Waals surface area (Å²) in [6, 6.07) is 4.19. The number of piperidine rings is 1. The number of rotatable bonds is 4. The average molecular weight is 344 g/mol. The SMILES string of the molecule is Cc1cccnc1CNC(=O)C1CCCN(C(=O)NC2CCCC2)C1. The van der Waals surface area contributed by atoms with Crippen molar-refractivity contribution in [3.63, 3.8) is 0 Å². The summed E-state index contributed by atoms with van der Waals surface area (Å²) < 4.78 is 0. The minimum Gasteiger partial charge on any atom is -0.350 e. The molecule has 3 amide bonds. The Balaban J connectivity index is 1.49. The number of pyridine rings is 1. The number of carbonyl (C=O) groups is 2. The van der Waals surface area contributed by atoms with E-state index in [1.165, 1.54) is 12.8 Å². The van der Waals surface area contributed by atoms with E-state index in [0.717, 1.165) is 43.5 Å². The van der Waals surface area contributed by atoms with Gasteiger partial charge in [0.05, 0.1) is 18.2 Å². The fourth-order valence-corrected chi connectivity index (χ4v) is 3.73. The first kappa shape index (κ1) is 17.7. The molecule has 1 saturated carbocycles. The van der Waals surface area contributed by atoms with Crippen molar-refractivity contribution in [2.75, 3.05) is 13.1 Å². The molecular weight excluding hydrogens is 316 g/mol. The third-order valence-electron chi connectivity index (χ3n) is 5.31. The van der Waals surface area contributed by atoms with E-state index in [0.29, 0.717) is 19.1 Å². The Labute approximate surface area is 149 Å². The van der Waals surface area contributed by atoms with Gasteiger partial charge in [0.2, 0.25) is 5.91 Å². The van der Waals surface area contributed by atoms with Crippen LogP contribution in [0.4, 0.5) is 4.79 Å². The van der Waals surface area contributed by atoms with Crippen molar-refractivity contribution in [1.82, 2.24) is 20.5 Å². The molecule has 1 unspecified atom stereocenters. The summed E-state index contributed by atoms with van der Waals surface area (Å²) in [5.74, 6) is -0.115. The van der Waals surface area contributed by atoms with Gasteiger partial charge in [-0.05, 0) is 44.2 Å². The lowest BCUT2D eigenvalue weighted by atomic mass is 9.97. The van der Waals surface area contributed by atoms with Crippen LogP contribution in [0.5, 0.6) is 0 Å². The molecule has 2 N–H and O–H groups in total. The van der Waals surface area contributed by atoms with E-state index in [4.69, 9.17) is 0 Å². The second kappa shape index (κ2) is 8.32.